The molecule has 7 nitrogen and oxygen atoms in total. The van der Waals surface area contributed by atoms with Crippen molar-refractivity contribution in [1.29, 1.82) is 0 Å². The van der Waals surface area contributed by atoms with Gasteiger partial charge in [-0.1, -0.05) is 12.2 Å². The summed E-state index contributed by atoms with van der Waals surface area (Å²) in [7, 11) is 0. The van der Waals surface area contributed by atoms with Gasteiger partial charge in [-0.25, -0.2) is 0 Å². The van der Waals surface area contributed by atoms with Gasteiger partial charge in [0, 0.05) is 30.6 Å². The number of esters is 1. The lowest BCUT2D eigenvalue weighted by Crippen LogP contribution is -2.59. The first-order valence-corrected chi connectivity index (χ1v) is 9.12. The minimum atomic E-state index is -1.49. The van der Waals surface area contributed by atoms with E-state index in [-0.39, 0.29) is 24.5 Å². The van der Waals surface area contributed by atoms with Crippen LogP contribution >= 0.6 is 0 Å². The standard InChI is InChI=1S/C19H22O7/c1-7-4-18-5-8(7)9(20)3-11(18)19-6-10(21)14(22)17(2,16(25)26-19)13(19)12(18)15(23)24/h8,10-14,21-22H,1,3-6H2,2H3,(H,23,24)/t8-,10-,11-,12+,13+,14-,17-,18+,19+/m1/s1. The Kier molecular flexibility index (Phi) is 2.78. The average Bonchev–Trinajstić information content (AvgIpc) is 3.04. The number of carbonyl (C=O) groups excluding carboxylic acids is 2. The molecular weight excluding hydrogens is 340 g/mol. The Hall–Kier alpha value is -1.73. The van der Waals surface area contributed by atoms with Gasteiger partial charge in [-0.3, -0.25) is 14.4 Å². The van der Waals surface area contributed by atoms with Crippen LogP contribution in [0.4, 0.5) is 0 Å². The van der Waals surface area contributed by atoms with Crippen LogP contribution in [0.5, 0.6) is 0 Å². The van der Waals surface area contributed by atoms with Crippen molar-refractivity contribution in [3.8, 4) is 0 Å². The number of aliphatic carboxylic acids is 1. The van der Waals surface area contributed by atoms with E-state index in [2.05, 4.69) is 6.58 Å². The third-order valence-electron chi connectivity index (χ3n) is 8.33. The second-order valence-corrected chi connectivity index (χ2v) is 9.18. The normalized spacial score (nSPS) is 57.0. The predicted octanol–water partition coefficient (Wildman–Crippen LogP) is 0.286. The van der Waals surface area contributed by atoms with Gasteiger partial charge >= 0.3 is 11.9 Å². The number of rotatable bonds is 1. The van der Waals surface area contributed by atoms with Crippen LogP contribution in [0, 0.1) is 34.5 Å². The smallest absolute Gasteiger partial charge is 0.315 e. The molecule has 0 unspecified atom stereocenters. The number of ketones is 1. The number of fused-ring (bicyclic) bond motifs is 1. The number of carbonyl (C=O) groups is 3. The summed E-state index contributed by atoms with van der Waals surface area (Å²) < 4.78 is 5.82. The van der Waals surface area contributed by atoms with Crippen molar-refractivity contribution in [1.82, 2.24) is 0 Å². The second kappa shape index (κ2) is 4.39. The van der Waals surface area contributed by atoms with Crippen molar-refractivity contribution in [2.75, 3.05) is 0 Å². The van der Waals surface area contributed by atoms with Gasteiger partial charge in [0.05, 0.1) is 18.1 Å². The molecule has 0 aromatic carbocycles. The topological polar surface area (TPSA) is 121 Å². The fourth-order valence-electron chi connectivity index (χ4n) is 7.48. The SMILES string of the molecule is C=C1C[C@]23C[C@H]1C(=O)C[C@H]2[C@]12C[C@@H](O)[C@@H](O)[C@](C)(C(=O)O1)[C@@H]2[C@H]3C(=O)O. The van der Waals surface area contributed by atoms with E-state index in [0.29, 0.717) is 12.8 Å². The van der Waals surface area contributed by atoms with Gasteiger partial charge in [0.2, 0.25) is 0 Å². The molecule has 1 heterocycles. The van der Waals surface area contributed by atoms with E-state index >= 15 is 0 Å². The molecule has 0 amide bonds. The van der Waals surface area contributed by atoms with Gasteiger partial charge in [-0.05, 0) is 25.2 Å². The van der Waals surface area contributed by atoms with E-state index in [0.717, 1.165) is 5.57 Å². The summed E-state index contributed by atoms with van der Waals surface area (Å²) in [5, 5.41) is 31.2. The molecule has 1 spiro atoms. The van der Waals surface area contributed by atoms with Gasteiger partial charge < -0.3 is 20.1 Å². The lowest BCUT2D eigenvalue weighted by atomic mass is 9.58. The molecule has 140 valence electrons. The summed E-state index contributed by atoms with van der Waals surface area (Å²) in [5.41, 5.74) is -2.65. The van der Waals surface area contributed by atoms with Crippen LogP contribution in [0.3, 0.4) is 0 Å². The average molecular weight is 362 g/mol. The lowest BCUT2D eigenvalue weighted by Gasteiger charge is -2.46. The number of aliphatic hydroxyl groups is 2. The van der Waals surface area contributed by atoms with E-state index in [4.69, 9.17) is 4.74 Å². The van der Waals surface area contributed by atoms with E-state index in [1.54, 1.807) is 0 Å². The highest BCUT2D eigenvalue weighted by atomic mass is 16.6. The van der Waals surface area contributed by atoms with Crippen LogP contribution in [-0.2, 0) is 19.1 Å². The van der Waals surface area contributed by atoms with Crippen molar-refractivity contribution in [3.63, 3.8) is 0 Å². The minimum Gasteiger partial charge on any atom is -0.481 e. The molecule has 0 aromatic heterocycles. The van der Waals surface area contributed by atoms with Gasteiger partial charge in [0.15, 0.2) is 0 Å². The highest BCUT2D eigenvalue weighted by Crippen LogP contribution is 2.77. The van der Waals surface area contributed by atoms with E-state index in [1.807, 2.05) is 0 Å². The zero-order valence-electron chi connectivity index (χ0n) is 14.5. The molecular formula is C19H22O7. The van der Waals surface area contributed by atoms with Crippen molar-refractivity contribution in [2.45, 2.75) is 50.4 Å². The van der Waals surface area contributed by atoms with E-state index in [1.165, 1.54) is 6.92 Å². The Morgan fingerprint density at radius 2 is 1.96 bits per heavy atom. The molecule has 26 heavy (non-hydrogen) atoms. The van der Waals surface area contributed by atoms with Crippen LogP contribution < -0.4 is 0 Å². The van der Waals surface area contributed by atoms with Crippen LogP contribution in [0.1, 0.15) is 32.6 Å². The Morgan fingerprint density at radius 1 is 1.27 bits per heavy atom. The molecule has 4 aliphatic carbocycles. The summed E-state index contributed by atoms with van der Waals surface area (Å²) >= 11 is 0. The number of allylic oxidation sites excluding steroid dienone is 1. The number of aliphatic hydroxyl groups excluding tert-OH is 2. The summed E-state index contributed by atoms with van der Waals surface area (Å²) in [6.07, 6.45) is -1.64. The fourth-order valence-corrected chi connectivity index (χ4v) is 7.48. The molecule has 5 aliphatic rings. The maximum atomic E-state index is 12.7. The van der Waals surface area contributed by atoms with Crippen molar-refractivity contribution in [3.05, 3.63) is 12.2 Å². The first kappa shape index (κ1) is 16.4. The molecule has 3 N–H and O–H groups in total. The number of carboxylic acids is 1. The molecule has 0 aromatic rings. The Morgan fingerprint density at radius 3 is 2.62 bits per heavy atom. The molecule has 9 atom stereocenters. The zero-order chi connectivity index (χ0) is 18.8. The minimum absolute atomic E-state index is 0.0116. The number of hydrogen-bond acceptors (Lipinski definition) is 6. The largest absolute Gasteiger partial charge is 0.481 e. The first-order chi connectivity index (χ1) is 12.1. The highest BCUT2D eigenvalue weighted by Gasteiger charge is 2.85. The molecule has 5 rings (SSSR count). The first-order valence-electron chi connectivity index (χ1n) is 9.12. The monoisotopic (exact) mass is 362 g/mol. The zero-order valence-corrected chi connectivity index (χ0v) is 14.5. The third kappa shape index (κ3) is 1.42. The molecule has 1 aliphatic heterocycles. The number of ether oxygens (including phenoxy) is 1. The quantitative estimate of drug-likeness (QED) is 0.453. The number of Topliss-reactive ketones (excluding diaryl/α,β-unsaturated/α-hetero) is 1. The molecule has 1 saturated heterocycles. The number of hydrogen-bond donors (Lipinski definition) is 3. The third-order valence-corrected chi connectivity index (χ3v) is 8.33. The molecule has 0 radical (unpaired) electrons. The van der Waals surface area contributed by atoms with Gasteiger partial charge in [0.1, 0.15) is 16.8 Å². The number of carboxylic acid groups (broad SMARTS) is 1. The predicted molar refractivity (Wildman–Crippen MR) is 85.6 cm³/mol. The van der Waals surface area contributed by atoms with Gasteiger partial charge in [-0.2, -0.15) is 0 Å². The maximum absolute atomic E-state index is 12.7. The second-order valence-electron chi connectivity index (χ2n) is 9.18. The van der Waals surface area contributed by atoms with Crippen molar-refractivity contribution >= 4 is 17.7 Å². The molecule has 7 heteroatoms. The Labute approximate surface area is 150 Å². The van der Waals surface area contributed by atoms with Crippen LogP contribution in [-0.4, -0.2) is 50.9 Å². The Balaban J connectivity index is 1.78. The summed E-state index contributed by atoms with van der Waals surface area (Å²) in [6, 6.07) is 0. The van der Waals surface area contributed by atoms with Crippen molar-refractivity contribution < 1.29 is 34.4 Å². The van der Waals surface area contributed by atoms with Crippen LogP contribution in [0.15, 0.2) is 12.2 Å². The van der Waals surface area contributed by atoms with Gasteiger partial charge in [-0.15, -0.1) is 0 Å². The fraction of sp³-hybridized carbons (Fsp3) is 0.737. The van der Waals surface area contributed by atoms with Crippen LogP contribution in [0.2, 0.25) is 0 Å². The lowest BCUT2D eigenvalue weighted by molar-refractivity contribution is -0.164. The Bertz CT molecular complexity index is 789. The summed E-state index contributed by atoms with van der Waals surface area (Å²) in [6.45, 7) is 5.52. The van der Waals surface area contributed by atoms with Crippen molar-refractivity contribution in [2.24, 2.45) is 34.5 Å². The molecule has 4 saturated carbocycles. The summed E-state index contributed by atoms with van der Waals surface area (Å²) in [5.74, 6) is -4.16. The summed E-state index contributed by atoms with van der Waals surface area (Å²) in [4.78, 5) is 37.8. The van der Waals surface area contributed by atoms with E-state index < -0.39 is 58.3 Å². The molecule has 4 bridgehead atoms. The van der Waals surface area contributed by atoms with Crippen LogP contribution in [0.25, 0.3) is 0 Å². The molecule has 5 fully saturated rings. The van der Waals surface area contributed by atoms with Gasteiger partial charge in [0.25, 0.3) is 0 Å². The highest BCUT2D eigenvalue weighted by molar-refractivity contribution is 5.90. The van der Waals surface area contributed by atoms with E-state index in [9.17, 15) is 29.7 Å². The maximum Gasteiger partial charge on any atom is 0.315 e.